The number of rotatable bonds is 7. The second-order valence-corrected chi connectivity index (χ2v) is 11.7. The van der Waals surface area contributed by atoms with Gasteiger partial charge in [-0.05, 0) is 55.8 Å². The molecule has 0 amide bonds. The summed E-state index contributed by atoms with van der Waals surface area (Å²) >= 11 is 17.1. The van der Waals surface area contributed by atoms with Crippen LogP contribution in [0.25, 0.3) is 6.08 Å². The fraction of sp³-hybridized carbons (Fsp3) is 0.167. The largest absolute Gasteiger partial charge is 0.488 e. The van der Waals surface area contributed by atoms with Crippen LogP contribution in [0.3, 0.4) is 0 Å². The van der Waals surface area contributed by atoms with E-state index in [2.05, 4.69) is 20.9 Å². The van der Waals surface area contributed by atoms with Crippen molar-refractivity contribution >= 4 is 62.5 Å². The molecular weight excluding hydrogens is 635 g/mol. The molecule has 1 aromatic heterocycles. The molecule has 3 aromatic carbocycles. The van der Waals surface area contributed by atoms with Gasteiger partial charge in [-0.25, -0.2) is 9.79 Å². The maximum Gasteiger partial charge on any atom is 0.338 e. The predicted octanol–water partition coefficient (Wildman–Crippen LogP) is 6.45. The van der Waals surface area contributed by atoms with E-state index >= 15 is 0 Å². The Labute approximate surface area is 252 Å². The average Bonchev–Trinajstić information content (AvgIpc) is 3.23. The number of carbonyl (C=O) groups excluding carboxylic acids is 1. The summed E-state index contributed by atoms with van der Waals surface area (Å²) in [7, 11) is 0. The number of halogens is 3. The Bertz CT molecular complexity index is 1820. The van der Waals surface area contributed by atoms with Gasteiger partial charge in [-0.3, -0.25) is 9.36 Å². The summed E-state index contributed by atoms with van der Waals surface area (Å²) in [6.45, 7) is 3.95. The maximum absolute atomic E-state index is 13.9. The third-order valence-corrected chi connectivity index (χ3v) is 8.35. The highest BCUT2D eigenvalue weighted by atomic mass is 79.9. The molecule has 0 radical (unpaired) electrons. The number of benzene rings is 3. The van der Waals surface area contributed by atoms with Crippen LogP contribution in [0.1, 0.15) is 36.6 Å². The van der Waals surface area contributed by atoms with Gasteiger partial charge in [0.25, 0.3) is 5.56 Å². The summed E-state index contributed by atoms with van der Waals surface area (Å²) in [5.41, 5.74) is 2.87. The third-order valence-electron chi connectivity index (χ3n) is 6.29. The predicted molar refractivity (Wildman–Crippen MR) is 162 cm³/mol. The minimum atomic E-state index is -0.663. The highest BCUT2D eigenvalue weighted by Crippen LogP contribution is 2.31. The van der Waals surface area contributed by atoms with Crippen LogP contribution in [0, 0.1) is 0 Å². The van der Waals surface area contributed by atoms with Crippen LogP contribution in [0.2, 0.25) is 10.0 Å². The van der Waals surface area contributed by atoms with Gasteiger partial charge in [0.2, 0.25) is 0 Å². The van der Waals surface area contributed by atoms with Crippen molar-refractivity contribution in [2.45, 2.75) is 26.5 Å². The molecule has 0 fully saturated rings. The quantitative estimate of drug-likeness (QED) is 0.214. The molecule has 6 nitrogen and oxygen atoms in total. The first-order valence-electron chi connectivity index (χ1n) is 12.4. The van der Waals surface area contributed by atoms with Crippen molar-refractivity contribution in [3.05, 3.63) is 129 Å². The molecule has 0 saturated heterocycles. The van der Waals surface area contributed by atoms with Crippen LogP contribution in [0.5, 0.6) is 5.75 Å². The number of carbonyl (C=O) groups is 1. The normalized spacial score (nSPS) is 15.0. The number of allylic oxidation sites excluding steroid dienone is 1. The van der Waals surface area contributed by atoms with Gasteiger partial charge in [-0.15, -0.1) is 0 Å². The van der Waals surface area contributed by atoms with E-state index in [-0.39, 0.29) is 18.8 Å². The topological polar surface area (TPSA) is 69.9 Å². The Hall–Kier alpha value is -3.17. The lowest BCUT2D eigenvalue weighted by Crippen LogP contribution is -2.39. The van der Waals surface area contributed by atoms with Gasteiger partial charge < -0.3 is 9.47 Å². The second-order valence-electron chi connectivity index (χ2n) is 8.92. The van der Waals surface area contributed by atoms with Crippen molar-refractivity contribution in [1.29, 1.82) is 0 Å². The molecule has 0 saturated carbocycles. The molecule has 0 spiro atoms. The van der Waals surface area contributed by atoms with Crippen molar-refractivity contribution in [1.82, 2.24) is 4.57 Å². The van der Waals surface area contributed by atoms with E-state index in [0.717, 1.165) is 15.6 Å². The lowest BCUT2D eigenvalue weighted by Gasteiger charge is -2.24. The maximum atomic E-state index is 13.9. The number of hydrogen-bond donors (Lipinski definition) is 0. The van der Waals surface area contributed by atoms with Gasteiger partial charge in [-0.2, -0.15) is 0 Å². The van der Waals surface area contributed by atoms with Crippen LogP contribution in [0.4, 0.5) is 0 Å². The van der Waals surface area contributed by atoms with E-state index in [4.69, 9.17) is 32.7 Å². The molecule has 40 heavy (non-hydrogen) atoms. The monoisotopic (exact) mass is 656 g/mol. The summed E-state index contributed by atoms with van der Waals surface area (Å²) in [4.78, 5) is 32.1. The number of fused-ring (bicyclic) bond motifs is 1. The highest BCUT2D eigenvalue weighted by molar-refractivity contribution is 9.10. The van der Waals surface area contributed by atoms with E-state index in [9.17, 15) is 9.59 Å². The van der Waals surface area contributed by atoms with Crippen molar-refractivity contribution in [2.24, 2.45) is 4.99 Å². The number of hydrogen-bond acceptors (Lipinski definition) is 6. The molecule has 0 aliphatic carbocycles. The van der Waals surface area contributed by atoms with Gasteiger partial charge in [0, 0.05) is 25.6 Å². The molecule has 204 valence electrons. The van der Waals surface area contributed by atoms with E-state index in [0.29, 0.717) is 42.0 Å². The Kier molecular flexibility index (Phi) is 8.61. The molecule has 0 N–H and O–H groups in total. The number of thiazole rings is 1. The Morgan fingerprint density at radius 1 is 1.12 bits per heavy atom. The summed E-state index contributed by atoms with van der Waals surface area (Å²) in [6.07, 6.45) is 1.78. The van der Waals surface area contributed by atoms with Gasteiger partial charge in [0.05, 0.1) is 28.5 Å². The molecule has 1 atom stereocenters. The SMILES string of the molecule is CCOC(=O)C1=C(C)N=c2s/c(=C\c3cc(Br)ccc3OCc3ccc(Cl)cc3Cl)c(=O)n2[C@H]1c1ccccc1. The lowest BCUT2D eigenvalue weighted by atomic mass is 9.96. The fourth-order valence-electron chi connectivity index (χ4n) is 4.44. The Balaban J connectivity index is 1.60. The number of esters is 1. The van der Waals surface area contributed by atoms with E-state index in [1.807, 2.05) is 54.6 Å². The van der Waals surface area contributed by atoms with Gasteiger partial charge in [0.1, 0.15) is 12.4 Å². The first kappa shape index (κ1) is 28.4. The first-order valence-corrected chi connectivity index (χ1v) is 14.7. The zero-order valence-corrected chi connectivity index (χ0v) is 25.4. The van der Waals surface area contributed by atoms with Crippen molar-refractivity contribution in [2.75, 3.05) is 6.61 Å². The van der Waals surface area contributed by atoms with Crippen molar-refractivity contribution in [3.8, 4) is 5.75 Å². The molecule has 2 heterocycles. The number of nitrogens with zero attached hydrogens (tertiary/aromatic N) is 2. The first-order chi connectivity index (χ1) is 19.3. The fourth-order valence-corrected chi connectivity index (χ4v) is 6.32. The van der Waals surface area contributed by atoms with Crippen LogP contribution in [-0.2, 0) is 16.1 Å². The highest BCUT2D eigenvalue weighted by Gasteiger charge is 2.33. The molecular formula is C30H23BrCl2N2O4S. The summed E-state index contributed by atoms with van der Waals surface area (Å²) in [5.74, 6) is 0.0819. The van der Waals surface area contributed by atoms with E-state index in [1.165, 1.54) is 11.3 Å². The smallest absolute Gasteiger partial charge is 0.338 e. The molecule has 10 heteroatoms. The number of ether oxygens (including phenoxy) is 2. The average molecular weight is 658 g/mol. The molecule has 5 rings (SSSR count). The van der Waals surface area contributed by atoms with Crippen LogP contribution >= 0.6 is 50.5 Å². The molecule has 1 aliphatic rings. The van der Waals surface area contributed by atoms with E-state index < -0.39 is 12.0 Å². The van der Waals surface area contributed by atoms with Gasteiger partial charge in [0.15, 0.2) is 4.80 Å². The van der Waals surface area contributed by atoms with Crippen LogP contribution in [0.15, 0.2) is 92.3 Å². The Morgan fingerprint density at radius 2 is 1.90 bits per heavy atom. The molecule has 0 bridgehead atoms. The molecule has 1 aliphatic heterocycles. The van der Waals surface area contributed by atoms with Crippen molar-refractivity contribution in [3.63, 3.8) is 0 Å². The third kappa shape index (κ3) is 5.81. The summed E-state index contributed by atoms with van der Waals surface area (Å²) in [6, 6.07) is 19.6. The zero-order chi connectivity index (χ0) is 28.4. The van der Waals surface area contributed by atoms with Crippen LogP contribution < -0.4 is 19.6 Å². The summed E-state index contributed by atoms with van der Waals surface area (Å²) in [5, 5.41) is 1.05. The number of aromatic nitrogens is 1. The molecule has 4 aromatic rings. The lowest BCUT2D eigenvalue weighted by molar-refractivity contribution is -0.139. The van der Waals surface area contributed by atoms with Crippen LogP contribution in [-0.4, -0.2) is 17.1 Å². The van der Waals surface area contributed by atoms with Gasteiger partial charge in [-0.1, -0.05) is 86.9 Å². The second kappa shape index (κ2) is 12.1. The van der Waals surface area contributed by atoms with Gasteiger partial charge >= 0.3 is 5.97 Å². The van der Waals surface area contributed by atoms with Crippen molar-refractivity contribution < 1.29 is 14.3 Å². The zero-order valence-electron chi connectivity index (χ0n) is 21.5. The Morgan fingerprint density at radius 3 is 2.62 bits per heavy atom. The minimum absolute atomic E-state index is 0.217. The molecule has 0 unspecified atom stereocenters. The minimum Gasteiger partial charge on any atom is -0.488 e. The standard InChI is InChI=1S/C30H23BrCl2N2O4S/c1-3-38-29(37)26-17(2)34-30-35(27(26)18-7-5-4-6-8-18)28(36)25(40-30)14-20-13-21(31)10-12-24(20)39-16-19-9-11-22(32)15-23(19)33/h4-15,27H,3,16H2,1-2H3/b25-14-/t27-/m0/s1. The van der Waals surface area contributed by atoms with E-state index in [1.54, 1.807) is 36.6 Å². The summed E-state index contributed by atoms with van der Waals surface area (Å²) < 4.78 is 14.3.